The van der Waals surface area contributed by atoms with Gasteiger partial charge in [0.1, 0.15) is 17.4 Å². The molecule has 0 radical (unpaired) electrons. The molecule has 0 saturated heterocycles. The molecule has 0 spiro atoms. The normalized spacial score (nSPS) is 22.1. The van der Waals surface area contributed by atoms with Crippen molar-refractivity contribution in [3.63, 3.8) is 0 Å². The van der Waals surface area contributed by atoms with Gasteiger partial charge in [-0.15, -0.1) is 0 Å². The molecule has 2 rings (SSSR count). The molecular weight excluding hydrogens is 356 g/mol. The minimum atomic E-state index is -0.809. The number of carbonyl (C=O) groups is 2. The van der Waals surface area contributed by atoms with Crippen LogP contribution >= 0.6 is 0 Å². The summed E-state index contributed by atoms with van der Waals surface area (Å²) in [6.45, 7) is 6.38. The Kier molecular flexibility index (Phi) is 8.06. The van der Waals surface area contributed by atoms with E-state index in [1.807, 2.05) is 13.0 Å². The third-order valence-electron chi connectivity index (χ3n) is 5.23. The quantitative estimate of drug-likeness (QED) is 0.442. The fourth-order valence-electron chi connectivity index (χ4n) is 3.37. The summed E-state index contributed by atoms with van der Waals surface area (Å²) >= 11 is 0. The molecule has 0 bridgehead atoms. The molecular formula is C22H28N2O4. The maximum atomic E-state index is 12.1. The van der Waals surface area contributed by atoms with Gasteiger partial charge < -0.3 is 14.8 Å². The van der Waals surface area contributed by atoms with E-state index < -0.39 is 12.6 Å². The summed E-state index contributed by atoms with van der Waals surface area (Å²) in [7, 11) is 0. The zero-order valence-corrected chi connectivity index (χ0v) is 16.7. The summed E-state index contributed by atoms with van der Waals surface area (Å²) in [5.41, 5.74) is 0.517. The second kappa shape index (κ2) is 10.5. The minimum absolute atomic E-state index is 0.102. The number of nitriles is 1. The van der Waals surface area contributed by atoms with Gasteiger partial charge in [0.25, 0.3) is 5.91 Å². The molecule has 1 saturated carbocycles. The van der Waals surface area contributed by atoms with Crippen LogP contribution in [0.25, 0.3) is 6.08 Å². The zero-order valence-electron chi connectivity index (χ0n) is 16.7. The Balaban J connectivity index is 1.89. The van der Waals surface area contributed by atoms with Crippen LogP contribution in [-0.4, -0.2) is 31.1 Å². The molecule has 6 heteroatoms. The zero-order chi connectivity index (χ0) is 20.5. The maximum Gasteiger partial charge on any atom is 0.349 e. The van der Waals surface area contributed by atoms with Crippen LogP contribution in [0.2, 0.25) is 0 Å². The van der Waals surface area contributed by atoms with Crippen molar-refractivity contribution in [3.8, 4) is 11.8 Å². The second-order valence-corrected chi connectivity index (χ2v) is 7.19. The van der Waals surface area contributed by atoms with Crippen LogP contribution < -0.4 is 10.1 Å². The Hall–Kier alpha value is -2.81. The van der Waals surface area contributed by atoms with E-state index in [2.05, 4.69) is 19.2 Å². The van der Waals surface area contributed by atoms with Crippen LogP contribution in [0, 0.1) is 23.2 Å². The highest BCUT2D eigenvalue weighted by atomic mass is 16.5. The molecule has 1 fully saturated rings. The van der Waals surface area contributed by atoms with Crippen molar-refractivity contribution >= 4 is 18.0 Å². The fourth-order valence-corrected chi connectivity index (χ4v) is 3.37. The summed E-state index contributed by atoms with van der Waals surface area (Å²) in [5.74, 6) is 0.518. The first-order chi connectivity index (χ1) is 13.4. The molecule has 6 nitrogen and oxygen atoms in total. The lowest BCUT2D eigenvalue weighted by molar-refractivity contribution is -0.144. The Morgan fingerprint density at radius 1 is 1.25 bits per heavy atom. The van der Waals surface area contributed by atoms with Gasteiger partial charge >= 0.3 is 5.97 Å². The molecule has 1 aromatic rings. The first-order valence-corrected chi connectivity index (χ1v) is 9.75. The molecule has 1 aromatic carbocycles. The van der Waals surface area contributed by atoms with Crippen LogP contribution in [0.15, 0.2) is 29.8 Å². The maximum absolute atomic E-state index is 12.1. The number of rotatable bonds is 7. The van der Waals surface area contributed by atoms with Gasteiger partial charge in [-0.25, -0.2) is 4.79 Å². The fraction of sp³-hybridized carbons (Fsp3) is 0.500. The first-order valence-electron chi connectivity index (χ1n) is 9.75. The van der Waals surface area contributed by atoms with Crippen LogP contribution in [-0.2, 0) is 14.3 Å². The van der Waals surface area contributed by atoms with E-state index >= 15 is 0 Å². The number of nitrogens with zero attached hydrogens (tertiary/aromatic N) is 1. The first kappa shape index (κ1) is 21.5. The van der Waals surface area contributed by atoms with Crippen LogP contribution in [0.5, 0.6) is 5.75 Å². The molecule has 1 N–H and O–H groups in total. The number of benzene rings is 1. The number of carbonyl (C=O) groups excluding carboxylic acids is 2. The number of nitrogens with one attached hydrogen (secondary N) is 1. The van der Waals surface area contributed by atoms with E-state index in [0.717, 1.165) is 12.8 Å². The van der Waals surface area contributed by atoms with Gasteiger partial charge in [-0.05, 0) is 49.0 Å². The Morgan fingerprint density at radius 3 is 2.61 bits per heavy atom. The van der Waals surface area contributed by atoms with Crippen molar-refractivity contribution in [2.75, 3.05) is 13.2 Å². The molecule has 150 valence electrons. The van der Waals surface area contributed by atoms with Gasteiger partial charge in [-0.3, -0.25) is 4.79 Å². The summed E-state index contributed by atoms with van der Waals surface area (Å²) < 4.78 is 10.4. The van der Waals surface area contributed by atoms with Gasteiger partial charge in [-0.2, -0.15) is 5.26 Å². The van der Waals surface area contributed by atoms with Gasteiger partial charge in [0.15, 0.2) is 6.61 Å². The number of hydrogen-bond acceptors (Lipinski definition) is 5. The smallest absolute Gasteiger partial charge is 0.349 e. The van der Waals surface area contributed by atoms with Gasteiger partial charge in [0, 0.05) is 6.04 Å². The van der Waals surface area contributed by atoms with Gasteiger partial charge in [0.05, 0.1) is 6.61 Å². The molecule has 28 heavy (non-hydrogen) atoms. The Labute approximate surface area is 166 Å². The third-order valence-corrected chi connectivity index (χ3v) is 5.23. The molecule has 0 aromatic heterocycles. The van der Waals surface area contributed by atoms with Gasteiger partial charge in [0.2, 0.25) is 0 Å². The predicted octanol–water partition coefficient (Wildman–Crippen LogP) is 3.48. The average molecular weight is 384 g/mol. The number of hydrogen-bond donors (Lipinski definition) is 1. The number of ether oxygens (including phenoxy) is 2. The lowest BCUT2D eigenvalue weighted by Crippen LogP contribution is -2.45. The molecule has 1 aliphatic carbocycles. The largest absolute Gasteiger partial charge is 0.494 e. The highest BCUT2D eigenvalue weighted by molar-refractivity contribution is 5.98. The second-order valence-electron chi connectivity index (χ2n) is 7.19. The lowest BCUT2D eigenvalue weighted by Gasteiger charge is -2.34. The Bertz CT molecular complexity index is 749. The standard InChI is InChI=1S/C22H28N2O4/c1-4-27-19-10-8-17(9-11-19)12-18(13-23)22(26)28-14-21(25)24-20-7-5-6-15(2)16(20)3/h8-12,15-16,20H,4-7,14H2,1-3H3,(H,24,25)/b18-12+/t15-,16-,20-/m0/s1. The van der Waals surface area contributed by atoms with Crippen molar-refractivity contribution in [2.24, 2.45) is 11.8 Å². The average Bonchev–Trinajstić information content (AvgIpc) is 2.69. The topological polar surface area (TPSA) is 88.4 Å². The van der Waals surface area contributed by atoms with Crippen molar-refractivity contribution in [2.45, 2.75) is 46.1 Å². The third kappa shape index (κ3) is 6.12. The molecule has 0 aliphatic heterocycles. The van der Waals surface area contributed by atoms with Crippen molar-refractivity contribution in [1.29, 1.82) is 5.26 Å². The highest BCUT2D eigenvalue weighted by Gasteiger charge is 2.28. The summed E-state index contributed by atoms with van der Waals surface area (Å²) in [6.07, 6.45) is 4.62. The van der Waals surface area contributed by atoms with Crippen molar-refractivity contribution < 1.29 is 19.1 Å². The van der Waals surface area contributed by atoms with Crippen LogP contribution in [0.4, 0.5) is 0 Å². The van der Waals surface area contributed by atoms with Crippen molar-refractivity contribution in [3.05, 3.63) is 35.4 Å². The van der Waals surface area contributed by atoms with E-state index in [9.17, 15) is 14.9 Å². The summed E-state index contributed by atoms with van der Waals surface area (Å²) in [4.78, 5) is 24.3. The van der Waals surface area contributed by atoms with Crippen molar-refractivity contribution in [1.82, 2.24) is 5.32 Å². The van der Waals surface area contributed by atoms with Crippen LogP contribution in [0.1, 0.15) is 45.6 Å². The van der Waals surface area contributed by atoms with E-state index in [1.165, 1.54) is 12.5 Å². The molecule has 3 atom stereocenters. The number of esters is 1. The van der Waals surface area contributed by atoms with E-state index in [4.69, 9.17) is 9.47 Å². The Morgan fingerprint density at radius 2 is 1.96 bits per heavy atom. The van der Waals surface area contributed by atoms with E-state index in [-0.39, 0.29) is 17.5 Å². The summed E-state index contributed by atoms with van der Waals surface area (Å²) in [6, 6.07) is 8.94. The van der Waals surface area contributed by atoms with E-state index in [0.29, 0.717) is 29.8 Å². The molecule has 1 amide bonds. The van der Waals surface area contributed by atoms with Crippen LogP contribution in [0.3, 0.4) is 0 Å². The molecule has 0 unspecified atom stereocenters. The highest BCUT2D eigenvalue weighted by Crippen LogP contribution is 2.29. The molecule has 0 heterocycles. The number of amides is 1. The molecule has 1 aliphatic rings. The van der Waals surface area contributed by atoms with E-state index in [1.54, 1.807) is 24.3 Å². The predicted molar refractivity (Wildman–Crippen MR) is 106 cm³/mol. The van der Waals surface area contributed by atoms with Gasteiger partial charge in [-0.1, -0.05) is 38.8 Å². The SMILES string of the molecule is CCOc1ccc(/C=C(\C#N)C(=O)OCC(=O)N[C@H]2CCC[C@H](C)[C@@H]2C)cc1. The minimum Gasteiger partial charge on any atom is -0.494 e. The summed E-state index contributed by atoms with van der Waals surface area (Å²) in [5, 5.41) is 12.2. The lowest BCUT2D eigenvalue weighted by atomic mass is 9.78. The monoisotopic (exact) mass is 384 g/mol.